The number of hydrogen-bond donors (Lipinski definition) is 2. The van der Waals surface area contributed by atoms with E-state index in [0.29, 0.717) is 6.54 Å². The Balaban J connectivity index is 2.08. The predicted octanol–water partition coefficient (Wildman–Crippen LogP) is 0.0440. The van der Waals surface area contributed by atoms with E-state index in [1.165, 1.54) is 0 Å². The monoisotopic (exact) mass is 176 g/mol. The first-order valence-corrected chi connectivity index (χ1v) is 4.04. The molecule has 0 saturated carbocycles. The number of alkyl halides is 1. The van der Waals surface area contributed by atoms with Crippen LogP contribution in [-0.4, -0.2) is 38.5 Å². The highest BCUT2D eigenvalue weighted by molar-refractivity contribution is 5.67. The highest BCUT2D eigenvalue weighted by atomic mass is 19.1. The predicted molar refractivity (Wildman–Crippen MR) is 41.7 cm³/mol. The van der Waals surface area contributed by atoms with Crippen molar-refractivity contribution in [2.45, 2.75) is 12.5 Å². The van der Waals surface area contributed by atoms with Gasteiger partial charge in [-0.2, -0.15) is 0 Å². The minimum absolute atomic E-state index is 0.0268. The van der Waals surface area contributed by atoms with Crippen molar-refractivity contribution in [3.8, 4) is 0 Å². The summed E-state index contributed by atoms with van der Waals surface area (Å²) in [5.74, 6) is 0. The molecule has 2 N–H and O–H groups in total. The Labute approximate surface area is 70.5 Å². The highest BCUT2D eigenvalue weighted by Crippen LogP contribution is 2.02. The lowest BCUT2D eigenvalue weighted by Gasteiger charge is -2.10. The summed E-state index contributed by atoms with van der Waals surface area (Å²) in [5.41, 5.74) is 0. The van der Waals surface area contributed by atoms with Gasteiger partial charge in [0.25, 0.3) is 0 Å². The Kier molecular flexibility index (Phi) is 3.79. The molecule has 1 saturated heterocycles. The molecule has 1 atom stereocenters. The third-order valence-electron chi connectivity index (χ3n) is 1.65. The van der Waals surface area contributed by atoms with E-state index < -0.39 is 12.8 Å². The molecule has 0 spiro atoms. The van der Waals surface area contributed by atoms with Gasteiger partial charge in [-0.3, -0.25) is 0 Å². The molecule has 1 aliphatic heterocycles. The number of rotatable bonds is 3. The molecule has 0 aromatic rings. The van der Waals surface area contributed by atoms with Crippen molar-refractivity contribution in [3.63, 3.8) is 0 Å². The molecule has 0 aromatic heterocycles. The van der Waals surface area contributed by atoms with Gasteiger partial charge in [0.2, 0.25) is 0 Å². The Morgan fingerprint density at radius 2 is 2.58 bits per heavy atom. The minimum atomic E-state index is -0.558. The second kappa shape index (κ2) is 4.92. The third kappa shape index (κ3) is 3.04. The van der Waals surface area contributed by atoms with Crippen LogP contribution in [0.1, 0.15) is 6.42 Å². The van der Waals surface area contributed by atoms with Crippen molar-refractivity contribution in [1.82, 2.24) is 10.6 Å². The van der Waals surface area contributed by atoms with Crippen LogP contribution in [0.15, 0.2) is 0 Å². The van der Waals surface area contributed by atoms with Gasteiger partial charge in [-0.05, 0) is 13.0 Å². The van der Waals surface area contributed by atoms with E-state index in [0.717, 1.165) is 13.0 Å². The van der Waals surface area contributed by atoms with Crippen LogP contribution >= 0.6 is 0 Å². The number of carbonyl (C=O) groups excluding carboxylic acids is 1. The zero-order valence-electron chi connectivity index (χ0n) is 6.81. The van der Waals surface area contributed by atoms with E-state index in [-0.39, 0.29) is 12.6 Å². The van der Waals surface area contributed by atoms with E-state index >= 15 is 0 Å². The first-order valence-electron chi connectivity index (χ1n) is 4.04. The van der Waals surface area contributed by atoms with Crippen LogP contribution in [0.5, 0.6) is 0 Å². The maximum atomic E-state index is 11.6. The number of alkyl carbamates (subject to hydrolysis) is 1. The average molecular weight is 176 g/mol. The smallest absolute Gasteiger partial charge is 0.407 e. The summed E-state index contributed by atoms with van der Waals surface area (Å²) in [7, 11) is 0. The molecule has 4 nitrogen and oxygen atoms in total. The van der Waals surface area contributed by atoms with Gasteiger partial charge in [0.1, 0.15) is 12.8 Å². The number of halogens is 1. The molecule has 5 heteroatoms. The van der Waals surface area contributed by atoms with Crippen LogP contribution in [0.3, 0.4) is 0 Å². The molecule has 70 valence electrons. The average Bonchev–Trinajstić information content (AvgIpc) is 2.53. The number of hydrogen-bond acceptors (Lipinski definition) is 3. The molecule has 1 heterocycles. The Morgan fingerprint density at radius 3 is 3.17 bits per heavy atom. The van der Waals surface area contributed by atoms with Crippen molar-refractivity contribution < 1.29 is 13.9 Å². The Bertz CT molecular complexity index is 148. The lowest BCUT2D eigenvalue weighted by molar-refractivity contribution is 0.107. The molecule has 1 amide bonds. The SMILES string of the molecule is O=C(NCCF)O[C@@H]1CCNC1. The molecule has 0 aliphatic carbocycles. The normalized spacial score (nSPS) is 22.2. The maximum absolute atomic E-state index is 11.6. The van der Waals surface area contributed by atoms with Gasteiger partial charge >= 0.3 is 6.09 Å². The summed E-state index contributed by atoms with van der Waals surface area (Å²) in [6, 6.07) is 0. The first-order chi connectivity index (χ1) is 5.83. The van der Waals surface area contributed by atoms with Gasteiger partial charge < -0.3 is 15.4 Å². The van der Waals surface area contributed by atoms with Crippen molar-refractivity contribution in [3.05, 3.63) is 0 Å². The Morgan fingerprint density at radius 1 is 1.75 bits per heavy atom. The van der Waals surface area contributed by atoms with Crippen molar-refractivity contribution in [2.24, 2.45) is 0 Å². The van der Waals surface area contributed by atoms with Crippen LogP contribution in [0.2, 0.25) is 0 Å². The maximum Gasteiger partial charge on any atom is 0.407 e. The van der Waals surface area contributed by atoms with Gasteiger partial charge in [0.05, 0.1) is 0 Å². The molecular formula is C7H13FN2O2. The van der Waals surface area contributed by atoms with Crippen molar-refractivity contribution in [2.75, 3.05) is 26.3 Å². The molecule has 0 bridgehead atoms. The standard InChI is InChI=1S/C7H13FN2O2/c8-2-4-10-7(11)12-6-1-3-9-5-6/h6,9H,1-5H2,(H,10,11)/t6-/m1/s1. The molecule has 1 rings (SSSR count). The van der Waals surface area contributed by atoms with E-state index in [1.807, 2.05) is 0 Å². The van der Waals surface area contributed by atoms with Crippen LogP contribution < -0.4 is 10.6 Å². The summed E-state index contributed by atoms with van der Waals surface area (Å²) in [6.45, 7) is 1.04. The second-order valence-electron chi connectivity index (χ2n) is 2.64. The van der Waals surface area contributed by atoms with Crippen LogP contribution in [0.25, 0.3) is 0 Å². The molecule has 1 fully saturated rings. The van der Waals surface area contributed by atoms with E-state index in [9.17, 15) is 9.18 Å². The van der Waals surface area contributed by atoms with Gasteiger partial charge in [-0.15, -0.1) is 0 Å². The lowest BCUT2D eigenvalue weighted by atomic mass is 10.3. The summed E-state index contributed by atoms with van der Waals surface area (Å²) < 4.78 is 16.5. The first kappa shape index (κ1) is 9.25. The number of carbonyl (C=O) groups is 1. The Hall–Kier alpha value is -0.840. The topological polar surface area (TPSA) is 50.4 Å². The quantitative estimate of drug-likeness (QED) is 0.638. The fourth-order valence-electron chi connectivity index (χ4n) is 1.07. The molecular weight excluding hydrogens is 163 g/mol. The van der Waals surface area contributed by atoms with Crippen LogP contribution in [0.4, 0.5) is 9.18 Å². The van der Waals surface area contributed by atoms with Crippen molar-refractivity contribution >= 4 is 6.09 Å². The van der Waals surface area contributed by atoms with E-state index in [4.69, 9.17) is 4.74 Å². The second-order valence-corrected chi connectivity index (χ2v) is 2.64. The minimum Gasteiger partial charge on any atom is -0.445 e. The van der Waals surface area contributed by atoms with Gasteiger partial charge in [-0.1, -0.05) is 0 Å². The van der Waals surface area contributed by atoms with Crippen LogP contribution in [0, 0.1) is 0 Å². The summed E-state index contributed by atoms with van der Waals surface area (Å²) in [6.07, 6.45) is 0.259. The van der Waals surface area contributed by atoms with Crippen LogP contribution in [-0.2, 0) is 4.74 Å². The highest BCUT2D eigenvalue weighted by Gasteiger charge is 2.17. The largest absolute Gasteiger partial charge is 0.445 e. The number of ether oxygens (including phenoxy) is 1. The fourth-order valence-corrected chi connectivity index (χ4v) is 1.07. The molecule has 1 aliphatic rings. The molecule has 0 aromatic carbocycles. The van der Waals surface area contributed by atoms with Gasteiger partial charge in [-0.25, -0.2) is 9.18 Å². The third-order valence-corrected chi connectivity index (χ3v) is 1.65. The molecule has 12 heavy (non-hydrogen) atoms. The van der Waals surface area contributed by atoms with E-state index in [1.54, 1.807) is 0 Å². The molecule has 0 unspecified atom stereocenters. The molecule has 0 radical (unpaired) electrons. The fraction of sp³-hybridized carbons (Fsp3) is 0.857. The summed E-state index contributed by atoms with van der Waals surface area (Å²) in [5, 5.41) is 5.35. The number of amides is 1. The van der Waals surface area contributed by atoms with Crippen molar-refractivity contribution in [1.29, 1.82) is 0 Å². The lowest BCUT2D eigenvalue weighted by Crippen LogP contribution is -2.31. The van der Waals surface area contributed by atoms with Gasteiger partial charge in [0.15, 0.2) is 0 Å². The van der Waals surface area contributed by atoms with E-state index in [2.05, 4.69) is 10.6 Å². The van der Waals surface area contributed by atoms with Gasteiger partial charge in [0, 0.05) is 13.1 Å². The summed E-state index contributed by atoms with van der Waals surface area (Å²) >= 11 is 0. The zero-order chi connectivity index (χ0) is 8.81. The zero-order valence-corrected chi connectivity index (χ0v) is 6.81. The number of nitrogens with one attached hydrogen (secondary N) is 2. The summed E-state index contributed by atoms with van der Waals surface area (Å²) in [4.78, 5) is 10.8.